The van der Waals surface area contributed by atoms with Crippen LogP contribution in [0.2, 0.25) is 0 Å². The maximum atomic E-state index is 5.90. The van der Waals surface area contributed by atoms with Crippen molar-refractivity contribution in [2.75, 3.05) is 6.54 Å². The molecule has 0 saturated carbocycles. The number of hydrogen-bond donors (Lipinski definition) is 1. The lowest BCUT2D eigenvalue weighted by Gasteiger charge is -2.06. The lowest BCUT2D eigenvalue weighted by molar-refractivity contribution is 0.569. The Morgan fingerprint density at radius 3 is 2.81 bits per heavy atom. The summed E-state index contributed by atoms with van der Waals surface area (Å²) in [4.78, 5) is 4.61. The van der Waals surface area contributed by atoms with Gasteiger partial charge in [0.05, 0.1) is 10.2 Å². The summed E-state index contributed by atoms with van der Waals surface area (Å²) in [6, 6.07) is 12.1. The third kappa shape index (κ3) is 2.91. The smallest absolute Gasteiger partial charge is 0.163 e. The van der Waals surface area contributed by atoms with Crippen LogP contribution in [0.5, 0.6) is 0 Å². The standard InChI is InChI=1S/C17H18N2OS/c1-11(2)12(10-18)9-13-7-8-15(20-13)17-19-14-5-3-4-6-16(14)21-17/h3-9,11H,10,18H2,1-2H3. The highest BCUT2D eigenvalue weighted by Gasteiger charge is 2.10. The molecule has 0 spiro atoms. The van der Waals surface area contributed by atoms with E-state index in [9.17, 15) is 0 Å². The van der Waals surface area contributed by atoms with Gasteiger partial charge in [-0.2, -0.15) is 0 Å². The van der Waals surface area contributed by atoms with E-state index in [1.54, 1.807) is 11.3 Å². The summed E-state index contributed by atoms with van der Waals surface area (Å²) in [6.45, 7) is 4.82. The summed E-state index contributed by atoms with van der Waals surface area (Å²) in [5, 5.41) is 0.912. The summed E-state index contributed by atoms with van der Waals surface area (Å²) in [5.74, 6) is 2.06. The van der Waals surface area contributed by atoms with Crippen LogP contribution in [0.15, 0.2) is 46.4 Å². The number of nitrogens with zero attached hydrogens (tertiary/aromatic N) is 1. The van der Waals surface area contributed by atoms with E-state index in [4.69, 9.17) is 10.2 Å². The van der Waals surface area contributed by atoms with Crippen LogP contribution in [0.25, 0.3) is 27.1 Å². The topological polar surface area (TPSA) is 52.0 Å². The van der Waals surface area contributed by atoms with Crippen LogP contribution in [-0.2, 0) is 0 Å². The lowest BCUT2D eigenvalue weighted by Crippen LogP contribution is -2.07. The minimum absolute atomic E-state index is 0.422. The van der Waals surface area contributed by atoms with Crippen molar-refractivity contribution in [3.05, 3.63) is 47.7 Å². The Morgan fingerprint density at radius 2 is 2.10 bits per heavy atom. The third-order valence-electron chi connectivity index (χ3n) is 3.44. The molecular formula is C17H18N2OS. The molecule has 1 aromatic carbocycles. The monoisotopic (exact) mass is 298 g/mol. The Bertz CT molecular complexity index is 750. The van der Waals surface area contributed by atoms with E-state index in [0.29, 0.717) is 12.5 Å². The van der Waals surface area contributed by atoms with Gasteiger partial charge in [-0.15, -0.1) is 11.3 Å². The van der Waals surface area contributed by atoms with Crippen LogP contribution in [0.3, 0.4) is 0 Å². The maximum absolute atomic E-state index is 5.90. The molecule has 0 unspecified atom stereocenters. The second-order valence-electron chi connectivity index (χ2n) is 5.27. The number of benzene rings is 1. The fraction of sp³-hybridized carbons (Fsp3) is 0.235. The van der Waals surface area contributed by atoms with Crippen molar-refractivity contribution in [1.82, 2.24) is 4.98 Å². The summed E-state index contributed by atoms with van der Waals surface area (Å²) >= 11 is 1.64. The number of nitrogens with two attached hydrogens (primary N) is 1. The third-order valence-corrected chi connectivity index (χ3v) is 4.49. The number of aromatic nitrogens is 1. The van der Waals surface area contributed by atoms with Crippen LogP contribution >= 0.6 is 11.3 Å². The van der Waals surface area contributed by atoms with Crippen LogP contribution in [0, 0.1) is 5.92 Å². The molecule has 0 amide bonds. The maximum Gasteiger partial charge on any atom is 0.163 e. The Kier molecular flexibility index (Phi) is 3.90. The molecule has 0 aliphatic rings. The summed E-state index contributed by atoms with van der Waals surface area (Å²) in [6.07, 6.45) is 2.03. The van der Waals surface area contributed by atoms with Crippen LogP contribution in [0.4, 0.5) is 0 Å². The zero-order valence-corrected chi connectivity index (χ0v) is 13.0. The van der Waals surface area contributed by atoms with Gasteiger partial charge in [-0.1, -0.05) is 31.6 Å². The van der Waals surface area contributed by atoms with Crippen molar-refractivity contribution in [3.63, 3.8) is 0 Å². The number of thiazole rings is 1. The van der Waals surface area contributed by atoms with Crippen LogP contribution < -0.4 is 5.73 Å². The highest BCUT2D eigenvalue weighted by molar-refractivity contribution is 7.21. The van der Waals surface area contributed by atoms with E-state index in [1.807, 2.05) is 36.4 Å². The molecular weight excluding hydrogens is 280 g/mol. The van der Waals surface area contributed by atoms with Gasteiger partial charge in [0.15, 0.2) is 10.8 Å². The molecule has 0 aliphatic carbocycles. The summed E-state index contributed by atoms with van der Waals surface area (Å²) in [5.41, 5.74) is 7.96. The molecule has 0 fully saturated rings. The fourth-order valence-corrected chi connectivity index (χ4v) is 3.09. The molecule has 108 valence electrons. The predicted molar refractivity (Wildman–Crippen MR) is 89.2 cm³/mol. The average Bonchev–Trinajstić information content (AvgIpc) is 3.10. The molecule has 2 aromatic heterocycles. The van der Waals surface area contributed by atoms with E-state index in [2.05, 4.69) is 24.9 Å². The number of hydrogen-bond acceptors (Lipinski definition) is 4. The Balaban J connectivity index is 1.94. The minimum atomic E-state index is 0.422. The van der Waals surface area contributed by atoms with Crippen molar-refractivity contribution in [1.29, 1.82) is 0 Å². The minimum Gasteiger partial charge on any atom is -0.454 e. The van der Waals surface area contributed by atoms with Gasteiger partial charge in [-0.25, -0.2) is 4.98 Å². The first-order valence-corrected chi connectivity index (χ1v) is 7.85. The van der Waals surface area contributed by atoms with Gasteiger partial charge >= 0.3 is 0 Å². The first kappa shape index (κ1) is 14.0. The normalized spacial score (nSPS) is 12.5. The zero-order chi connectivity index (χ0) is 14.8. The number of fused-ring (bicyclic) bond motifs is 1. The second kappa shape index (κ2) is 5.84. The molecule has 3 rings (SSSR count). The van der Waals surface area contributed by atoms with Gasteiger partial charge in [0.2, 0.25) is 0 Å². The largest absolute Gasteiger partial charge is 0.454 e. The SMILES string of the molecule is CC(C)C(=Cc1ccc(-c2nc3ccccc3s2)o1)CN. The lowest BCUT2D eigenvalue weighted by atomic mass is 10.0. The van der Waals surface area contributed by atoms with Gasteiger partial charge < -0.3 is 10.2 Å². The molecule has 0 aliphatic heterocycles. The molecule has 0 saturated heterocycles. The highest BCUT2D eigenvalue weighted by atomic mass is 32.1. The van der Waals surface area contributed by atoms with Crippen molar-refractivity contribution in [3.8, 4) is 10.8 Å². The van der Waals surface area contributed by atoms with Gasteiger partial charge in [-0.3, -0.25) is 0 Å². The summed E-state index contributed by atoms with van der Waals surface area (Å²) < 4.78 is 7.07. The highest BCUT2D eigenvalue weighted by Crippen LogP contribution is 2.31. The average molecular weight is 298 g/mol. The van der Waals surface area contributed by atoms with Gasteiger partial charge in [0, 0.05) is 6.54 Å². The first-order chi connectivity index (χ1) is 10.2. The number of rotatable bonds is 4. The molecule has 0 bridgehead atoms. The molecule has 0 radical (unpaired) electrons. The van der Waals surface area contributed by atoms with Gasteiger partial charge in [-0.05, 0) is 36.3 Å². The summed E-state index contributed by atoms with van der Waals surface area (Å²) in [7, 11) is 0. The van der Waals surface area contributed by atoms with Crippen LogP contribution in [-0.4, -0.2) is 11.5 Å². The van der Waals surface area contributed by atoms with Gasteiger partial charge in [0.25, 0.3) is 0 Å². The Labute approximate surface area is 128 Å². The molecule has 2 N–H and O–H groups in total. The number of para-hydroxylation sites is 1. The first-order valence-electron chi connectivity index (χ1n) is 7.03. The molecule has 0 atom stereocenters. The fourth-order valence-electron chi connectivity index (χ4n) is 2.17. The molecule has 2 heterocycles. The Hall–Kier alpha value is -1.91. The van der Waals surface area contributed by atoms with Gasteiger partial charge in [0.1, 0.15) is 5.76 Å². The molecule has 3 nitrogen and oxygen atoms in total. The molecule has 3 aromatic rings. The molecule has 4 heteroatoms. The van der Waals surface area contributed by atoms with E-state index >= 15 is 0 Å². The van der Waals surface area contributed by atoms with Crippen molar-refractivity contribution >= 4 is 27.6 Å². The van der Waals surface area contributed by atoms with Crippen LogP contribution in [0.1, 0.15) is 19.6 Å². The predicted octanol–water partition coefficient (Wildman–Crippen LogP) is 4.55. The zero-order valence-electron chi connectivity index (χ0n) is 12.2. The molecule has 21 heavy (non-hydrogen) atoms. The van der Waals surface area contributed by atoms with Crippen molar-refractivity contribution < 1.29 is 4.42 Å². The second-order valence-corrected chi connectivity index (χ2v) is 6.30. The number of furan rings is 1. The van der Waals surface area contributed by atoms with E-state index in [1.165, 1.54) is 10.3 Å². The van der Waals surface area contributed by atoms with E-state index in [-0.39, 0.29) is 0 Å². The quantitative estimate of drug-likeness (QED) is 0.768. The van der Waals surface area contributed by atoms with E-state index in [0.717, 1.165) is 22.0 Å². The van der Waals surface area contributed by atoms with Crippen molar-refractivity contribution in [2.45, 2.75) is 13.8 Å². The Morgan fingerprint density at radius 1 is 1.29 bits per heavy atom. The van der Waals surface area contributed by atoms with Crippen molar-refractivity contribution in [2.24, 2.45) is 11.7 Å². The van der Waals surface area contributed by atoms with E-state index < -0.39 is 0 Å².